The SMILES string of the molecule is CC(C)COc1ccc(F)cc1CCN. The normalized spacial score (nSPS) is 10.7. The topological polar surface area (TPSA) is 35.2 Å². The lowest BCUT2D eigenvalue weighted by Gasteiger charge is -2.12. The van der Waals surface area contributed by atoms with Gasteiger partial charge in [-0.05, 0) is 42.6 Å². The Labute approximate surface area is 90.2 Å². The molecule has 84 valence electrons. The number of hydrogen-bond acceptors (Lipinski definition) is 2. The molecule has 0 saturated heterocycles. The average molecular weight is 211 g/mol. The van der Waals surface area contributed by atoms with Crippen LogP contribution >= 0.6 is 0 Å². The molecule has 0 aliphatic carbocycles. The fraction of sp³-hybridized carbons (Fsp3) is 0.500. The molecule has 15 heavy (non-hydrogen) atoms. The zero-order valence-electron chi connectivity index (χ0n) is 9.29. The molecule has 0 bridgehead atoms. The molecular weight excluding hydrogens is 193 g/mol. The fourth-order valence-electron chi connectivity index (χ4n) is 1.30. The van der Waals surface area contributed by atoms with Crippen LogP contribution in [0.15, 0.2) is 18.2 Å². The van der Waals surface area contributed by atoms with Crippen molar-refractivity contribution in [2.24, 2.45) is 11.7 Å². The molecule has 2 nitrogen and oxygen atoms in total. The summed E-state index contributed by atoms with van der Waals surface area (Å²) in [6.07, 6.45) is 0.644. The highest BCUT2D eigenvalue weighted by molar-refractivity contribution is 5.34. The van der Waals surface area contributed by atoms with E-state index in [0.717, 1.165) is 11.3 Å². The van der Waals surface area contributed by atoms with Gasteiger partial charge in [0.2, 0.25) is 0 Å². The van der Waals surface area contributed by atoms with E-state index in [9.17, 15) is 4.39 Å². The van der Waals surface area contributed by atoms with Gasteiger partial charge in [0, 0.05) is 0 Å². The van der Waals surface area contributed by atoms with E-state index >= 15 is 0 Å². The minimum atomic E-state index is -0.240. The molecule has 0 saturated carbocycles. The summed E-state index contributed by atoms with van der Waals surface area (Å²) in [5, 5.41) is 0. The maximum Gasteiger partial charge on any atom is 0.123 e. The van der Waals surface area contributed by atoms with Crippen LogP contribution in [0.3, 0.4) is 0 Å². The summed E-state index contributed by atoms with van der Waals surface area (Å²) in [5.74, 6) is 0.965. The predicted octanol–water partition coefficient (Wildman–Crippen LogP) is 2.36. The van der Waals surface area contributed by atoms with Crippen molar-refractivity contribution in [2.45, 2.75) is 20.3 Å². The van der Waals surface area contributed by atoms with Crippen LogP contribution in [0.1, 0.15) is 19.4 Å². The van der Waals surface area contributed by atoms with Crippen molar-refractivity contribution < 1.29 is 9.13 Å². The molecule has 0 heterocycles. The van der Waals surface area contributed by atoms with Crippen LogP contribution < -0.4 is 10.5 Å². The molecule has 0 aromatic heterocycles. The lowest BCUT2D eigenvalue weighted by atomic mass is 10.1. The van der Waals surface area contributed by atoms with E-state index < -0.39 is 0 Å². The summed E-state index contributed by atoms with van der Waals surface area (Å²) in [6, 6.07) is 4.57. The molecule has 1 aromatic carbocycles. The summed E-state index contributed by atoms with van der Waals surface area (Å²) in [5.41, 5.74) is 6.30. The number of halogens is 1. The lowest BCUT2D eigenvalue weighted by molar-refractivity contribution is 0.268. The summed E-state index contributed by atoms with van der Waals surface area (Å²) in [4.78, 5) is 0. The first-order chi connectivity index (χ1) is 7.13. The quantitative estimate of drug-likeness (QED) is 0.811. The average Bonchev–Trinajstić information content (AvgIpc) is 2.17. The van der Waals surface area contributed by atoms with Crippen LogP contribution in [0, 0.1) is 11.7 Å². The van der Waals surface area contributed by atoms with Crippen molar-refractivity contribution in [3.05, 3.63) is 29.6 Å². The Hall–Kier alpha value is -1.09. The molecule has 0 fully saturated rings. The molecule has 2 N–H and O–H groups in total. The molecule has 0 aliphatic rings. The van der Waals surface area contributed by atoms with Gasteiger partial charge in [-0.1, -0.05) is 13.8 Å². The molecule has 0 atom stereocenters. The lowest BCUT2D eigenvalue weighted by Crippen LogP contribution is -2.09. The number of rotatable bonds is 5. The van der Waals surface area contributed by atoms with E-state index in [2.05, 4.69) is 13.8 Å². The molecule has 0 amide bonds. The van der Waals surface area contributed by atoms with E-state index in [1.807, 2.05) is 0 Å². The van der Waals surface area contributed by atoms with Crippen molar-refractivity contribution in [3.63, 3.8) is 0 Å². The molecular formula is C12H18FNO. The monoisotopic (exact) mass is 211 g/mol. The zero-order valence-corrected chi connectivity index (χ0v) is 9.29. The third-order valence-corrected chi connectivity index (χ3v) is 2.01. The summed E-state index contributed by atoms with van der Waals surface area (Å²) in [7, 11) is 0. The van der Waals surface area contributed by atoms with Crippen molar-refractivity contribution in [3.8, 4) is 5.75 Å². The first-order valence-corrected chi connectivity index (χ1v) is 5.24. The van der Waals surface area contributed by atoms with Crippen LogP contribution in [-0.4, -0.2) is 13.2 Å². The van der Waals surface area contributed by atoms with Gasteiger partial charge in [-0.2, -0.15) is 0 Å². The Balaban J connectivity index is 2.76. The Morgan fingerprint density at radius 3 is 2.73 bits per heavy atom. The van der Waals surface area contributed by atoms with E-state index in [0.29, 0.717) is 25.5 Å². The Morgan fingerprint density at radius 1 is 1.40 bits per heavy atom. The third kappa shape index (κ3) is 3.88. The second-order valence-electron chi connectivity index (χ2n) is 4.00. The zero-order chi connectivity index (χ0) is 11.3. The van der Waals surface area contributed by atoms with E-state index in [1.54, 1.807) is 6.07 Å². The Kier molecular flexibility index (Phi) is 4.56. The van der Waals surface area contributed by atoms with Crippen molar-refractivity contribution >= 4 is 0 Å². The minimum absolute atomic E-state index is 0.240. The molecule has 1 aromatic rings. The van der Waals surface area contributed by atoms with Gasteiger partial charge < -0.3 is 10.5 Å². The van der Waals surface area contributed by atoms with Gasteiger partial charge in [0.05, 0.1) is 6.61 Å². The number of hydrogen-bond donors (Lipinski definition) is 1. The van der Waals surface area contributed by atoms with Gasteiger partial charge in [0.25, 0.3) is 0 Å². The smallest absolute Gasteiger partial charge is 0.123 e. The molecule has 0 aliphatic heterocycles. The molecule has 0 spiro atoms. The van der Waals surface area contributed by atoms with Crippen LogP contribution in [0.25, 0.3) is 0 Å². The first kappa shape index (κ1) is 12.0. The highest BCUT2D eigenvalue weighted by Gasteiger charge is 2.05. The molecule has 0 unspecified atom stereocenters. The van der Waals surface area contributed by atoms with Crippen molar-refractivity contribution in [2.75, 3.05) is 13.2 Å². The van der Waals surface area contributed by atoms with Crippen LogP contribution in [0.4, 0.5) is 4.39 Å². The maximum absolute atomic E-state index is 13.0. The Morgan fingerprint density at radius 2 is 2.13 bits per heavy atom. The van der Waals surface area contributed by atoms with Gasteiger partial charge in [-0.3, -0.25) is 0 Å². The van der Waals surface area contributed by atoms with Crippen molar-refractivity contribution in [1.29, 1.82) is 0 Å². The summed E-state index contributed by atoms with van der Waals surface area (Å²) in [6.45, 7) is 5.29. The van der Waals surface area contributed by atoms with Gasteiger partial charge in [-0.25, -0.2) is 4.39 Å². The van der Waals surface area contributed by atoms with E-state index in [1.165, 1.54) is 12.1 Å². The molecule has 1 rings (SSSR count). The second kappa shape index (κ2) is 5.71. The highest BCUT2D eigenvalue weighted by atomic mass is 19.1. The molecule has 0 radical (unpaired) electrons. The first-order valence-electron chi connectivity index (χ1n) is 5.24. The van der Waals surface area contributed by atoms with Gasteiger partial charge in [0.1, 0.15) is 11.6 Å². The largest absolute Gasteiger partial charge is 0.493 e. The van der Waals surface area contributed by atoms with Gasteiger partial charge >= 0.3 is 0 Å². The highest BCUT2D eigenvalue weighted by Crippen LogP contribution is 2.20. The number of nitrogens with two attached hydrogens (primary N) is 1. The predicted molar refractivity (Wildman–Crippen MR) is 59.5 cm³/mol. The van der Waals surface area contributed by atoms with Crippen LogP contribution in [0.5, 0.6) is 5.75 Å². The van der Waals surface area contributed by atoms with Crippen LogP contribution in [0.2, 0.25) is 0 Å². The summed E-state index contributed by atoms with van der Waals surface area (Å²) < 4.78 is 18.6. The van der Waals surface area contributed by atoms with Gasteiger partial charge in [0.15, 0.2) is 0 Å². The minimum Gasteiger partial charge on any atom is -0.493 e. The Bertz CT molecular complexity index is 312. The van der Waals surface area contributed by atoms with E-state index in [4.69, 9.17) is 10.5 Å². The van der Waals surface area contributed by atoms with Crippen LogP contribution in [-0.2, 0) is 6.42 Å². The second-order valence-corrected chi connectivity index (χ2v) is 4.00. The number of benzene rings is 1. The summed E-state index contributed by atoms with van der Waals surface area (Å²) >= 11 is 0. The molecule has 3 heteroatoms. The fourth-order valence-corrected chi connectivity index (χ4v) is 1.30. The van der Waals surface area contributed by atoms with Crippen molar-refractivity contribution in [1.82, 2.24) is 0 Å². The maximum atomic E-state index is 13.0. The number of ether oxygens (including phenoxy) is 1. The van der Waals surface area contributed by atoms with E-state index in [-0.39, 0.29) is 5.82 Å². The third-order valence-electron chi connectivity index (χ3n) is 2.01. The van der Waals surface area contributed by atoms with Gasteiger partial charge in [-0.15, -0.1) is 0 Å². The standard InChI is InChI=1S/C12H18FNO/c1-9(2)8-15-12-4-3-11(13)7-10(12)5-6-14/h3-4,7,9H,5-6,8,14H2,1-2H3.